The van der Waals surface area contributed by atoms with Gasteiger partial charge in [0.25, 0.3) is 0 Å². The van der Waals surface area contributed by atoms with Crippen LogP contribution in [0.25, 0.3) is 0 Å². The van der Waals surface area contributed by atoms with Crippen molar-refractivity contribution in [1.82, 2.24) is 9.80 Å². The number of imide groups is 2. The number of urea groups is 1. The van der Waals surface area contributed by atoms with Crippen molar-refractivity contribution in [3.63, 3.8) is 0 Å². The normalized spacial score (nSPS) is 32.4. The van der Waals surface area contributed by atoms with Crippen LogP contribution < -0.4 is 0 Å². The third kappa shape index (κ3) is 1.26. The van der Waals surface area contributed by atoms with Crippen LogP contribution in [0.5, 0.6) is 0 Å². The summed E-state index contributed by atoms with van der Waals surface area (Å²) in [5.41, 5.74) is 0. The van der Waals surface area contributed by atoms with Crippen molar-refractivity contribution in [2.75, 3.05) is 7.11 Å². The van der Waals surface area contributed by atoms with Crippen molar-refractivity contribution in [2.24, 2.45) is 0 Å². The monoisotopic (exact) mass is 226 g/mol. The van der Waals surface area contributed by atoms with Crippen LogP contribution in [-0.2, 0) is 14.3 Å². The molecular formula is C10H14N2O4. The van der Waals surface area contributed by atoms with Crippen LogP contribution in [0.15, 0.2) is 0 Å². The first kappa shape index (κ1) is 11.1. The Bertz CT molecular complexity index is 368. The summed E-state index contributed by atoms with van der Waals surface area (Å²) in [6, 6.07) is -1.03. The predicted octanol–water partition coefficient (Wildman–Crippen LogP) is -0.0271. The molecule has 0 aromatic carbocycles. The minimum Gasteiger partial charge on any atom is -0.379 e. The summed E-state index contributed by atoms with van der Waals surface area (Å²) in [7, 11) is 1.54. The van der Waals surface area contributed by atoms with Gasteiger partial charge >= 0.3 is 6.03 Å². The van der Waals surface area contributed by atoms with Crippen LogP contribution in [0, 0.1) is 0 Å². The second kappa shape index (κ2) is 3.55. The molecule has 6 heteroatoms. The zero-order valence-corrected chi connectivity index (χ0v) is 9.47. The van der Waals surface area contributed by atoms with Crippen LogP contribution in [0.1, 0.15) is 20.3 Å². The van der Waals surface area contributed by atoms with E-state index in [0.717, 1.165) is 9.80 Å². The van der Waals surface area contributed by atoms with Crippen molar-refractivity contribution >= 4 is 17.8 Å². The summed E-state index contributed by atoms with van der Waals surface area (Å²) in [5.74, 6) is -0.663. The third-order valence-electron chi connectivity index (χ3n) is 3.27. The Balaban J connectivity index is 2.30. The number of methoxy groups -OCH3 is 1. The highest BCUT2D eigenvalue weighted by atomic mass is 16.5. The van der Waals surface area contributed by atoms with E-state index in [1.807, 2.05) is 0 Å². The number of fused-ring (bicyclic) bond motifs is 1. The van der Waals surface area contributed by atoms with Gasteiger partial charge in [-0.1, -0.05) is 0 Å². The molecule has 0 bridgehead atoms. The third-order valence-corrected chi connectivity index (χ3v) is 3.27. The summed E-state index contributed by atoms with van der Waals surface area (Å²) < 4.78 is 5.17. The number of hydrogen-bond donors (Lipinski definition) is 0. The highest BCUT2D eigenvalue weighted by Gasteiger charge is 2.59. The van der Waals surface area contributed by atoms with Crippen LogP contribution >= 0.6 is 0 Å². The molecule has 2 fully saturated rings. The van der Waals surface area contributed by atoms with Crippen LogP contribution in [-0.4, -0.2) is 52.9 Å². The maximum Gasteiger partial charge on any atom is 0.334 e. The number of amides is 4. The summed E-state index contributed by atoms with van der Waals surface area (Å²) in [6.07, 6.45) is 0.457. The summed E-state index contributed by atoms with van der Waals surface area (Å²) in [4.78, 5) is 36.9. The first-order valence-corrected chi connectivity index (χ1v) is 5.15. The maximum atomic E-state index is 11.9. The van der Waals surface area contributed by atoms with Crippen molar-refractivity contribution in [1.29, 1.82) is 0 Å². The smallest absolute Gasteiger partial charge is 0.334 e. The van der Waals surface area contributed by atoms with Crippen LogP contribution in [0.4, 0.5) is 4.79 Å². The van der Waals surface area contributed by atoms with Crippen molar-refractivity contribution in [2.45, 2.75) is 38.5 Å². The number of rotatable bonds is 1. The van der Waals surface area contributed by atoms with Gasteiger partial charge in [0.2, 0.25) is 11.8 Å². The van der Waals surface area contributed by atoms with E-state index in [9.17, 15) is 14.4 Å². The van der Waals surface area contributed by atoms with Crippen LogP contribution in [0.2, 0.25) is 0 Å². The lowest BCUT2D eigenvalue weighted by atomic mass is 9.82. The molecule has 0 aromatic heterocycles. The van der Waals surface area contributed by atoms with E-state index in [0.29, 0.717) is 6.42 Å². The first-order valence-electron chi connectivity index (χ1n) is 5.15. The van der Waals surface area contributed by atoms with Gasteiger partial charge in [0.15, 0.2) is 0 Å². The molecule has 88 valence electrons. The van der Waals surface area contributed by atoms with E-state index in [2.05, 4.69) is 0 Å². The molecule has 1 saturated carbocycles. The molecule has 0 spiro atoms. The molecule has 0 N–H and O–H groups in total. The summed E-state index contributed by atoms with van der Waals surface area (Å²) >= 11 is 0. The van der Waals surface area contributed by atoms with E-state index in [1.165, 1.54) is 13.8 Å². The lowest BCUT2D eigenvalue weighted by Gasteiger charge is -2.41. The molecule has 3 unspecified atom stereocenters. The average molecular weight is 226 g/mol. The molecule has 2 aliphatic rings. The number of ether oxygens (including phenoxy) is 1. The molecule has 0 aromatic rings. The Morgan fingerprint density at radius 2 is 1.81 bits per heavy atom. The molecule has 0 radical (unpaired) electrons. The van der Waals surface area contributed by atoms with Crippen LogP contribution in [0.3, 0.4) is 0 Å². The number of carbonyl (C=O) groups is 3. The van der Waals surface area contributed by atoms with Gasteiger partial charge in [-0.2, -0.15) is 0 Å². The van der Waals surface area contributed by atoms with Gasteiger partial charge in [-0.15, -0.1) is 0 Å². The van der Waals surface area contributed by atoms with Gasteiger partial charge in [0.1, 0.15) is 0 Å². The van der Waals surface area contributed by atoms with Gasteiger partial charge < -0.3 is 4.74 Å². The fraction of sp³-hybridized carbons (Fsp3) is 0.700. The van der Waals surface area contributed by atoms with E-state index < -0.39 is 6.03 Å². The second-order valence-electron chi connectivity index (χ2n) is 4.13. The zero-order valence-electron chi connectivity index (χ0n) is 9.47. The van der Waals surface area contributed by atoms with E-state index in [1.54, 1.807) is 7.11 Å². The molecule has 1 saturated heterocycles. The zero-order chi connectivity index (χ0) is 12.0. The summed E-state index contributed by atoms with van der Waals surface area (Å²) in [6.45, 7) is 2.66. The van der Waals surface area contributed by atoms with Crippen molar-refractivity contribution in [3.8, 4) is 0 Å². The van der Waals surface area contributed by atoms with Crippen molar-refractivity contribution < 1.29 is 19.1 Å². The standard InChI is InChI=1S/C10H14N2O4/c1-5(13)11-7-4-8(16-3)9(7)12(6(2)14)10(11)15/h7-9H,4H2,1-3H3. The molecule has 1 heterocycles. The topological polar surface area (TPSA) is 66.9 Å². The van der Waals surface area contributed by atoms with Gasteiger partial charge in [-0.25, -0.2) is 4.79 Å². The van der Waals surface area contributed by atoms with E-state index in [4.69, 9.17) is 4.74 Å². The lowest BCUT2D eigenvalue weighted by molar-refractivity contribution is -0.136. The van der Waals surface area contributed by atoms with Gasteiger partial charge in [-0.3, -0.25) is 19.4 Å². The Kier molecular flexibility index (Phi) is 2.46. The van der Waals surface area contributed by atoms with Gasteiger partial charge in [-0.05, 0) is 6.42 Å². The molecule has 3 atom stereocenters. The number of hydrogen-bond acceptors (Lipinski definition) is 4. The first-order chi connectivity index (χ1) is 7.49. The minimum atomic E-state index is -0.519. The Hall–Kier alpha value is -1.43. The largest absolute Gasteiger partial charge is 0.379 e. The fourth-order valence-corrected chi connectivity index (χ4v) is 2.50. The fourth-order valence-electron chi connectivity index (χ4n) is 2.50. The van der Waals surface area contributed by atoms with E-state index in [-0.39, 0.29) is 30.0 Å². The molecule has 6 nitrogen and oxygen atoms in total. The predicted molar refractivity (Wildman–Crippen MR) is 53.4 cm³/mol. The molecule has 16 heavy (non-hydrogen) atoms. The number of carbonyl (C=O) groups excluding carboxylic acids is 3. The molecule has 1 aliphatic heterocycles. The highest BCUT2D eigenvalue weighted by molar-refractivity contribution is 6.04. The summed E-state index contributed by atoms with van der Waals surface area (Å²) in [5, 5.41) is 0. The Labute approximate surface area is 93.1 Å². The van der Waals surface area contributed by atoms with Gasteiger partial charge in [0, 0.05) is 21.0 Å². The molecule has 4 amide bonds. The van der Waals surface area contributed by atoms with Crippen molar-refractivity contribution in [3.05, 3.63) is 0 Å². The molecule has 1 aliphatic carbocycles. The number of nitrogens with zero attached hydrogens (tertiary/aromatic N) is 2. The molecular weight excluding hydrogens is 212 g/mol. The second-order valence-corrected chi connectivity index (χ2v) is 4.13. The average Bonchev–Trinajstić information content (AvgIpc) is 2.38. The Morgan fingerprint density at radius 1 is 1.25 bits per heavy atom. The molecule has 2 rings (SSSR count). The van der Waals surface area contributed by atoms with E-state index >= 15 is 0 Å². The maximum absolute atomic E-state index is 11.9. The lowest BCUT2D eigenvalue weighted by Crippen LogP contribution is -2.59. The quantitative estimate of drug-likeness (QED) is 0.630. The minimum absolute atomic E-state index is 0.151. The Morgan fingerprint density at radius 3 is 2.25 bits per heavy atom. The highest BCUT2D eigenvalue weighted by Crippen LogP contribution is 2.39. The SMILES string of the molecule is COC1CC2C1N(C(C)=O)C(=O)N2C(C)=O. The van der Waals surface area contributed by atoms with Gasteiger partial charge in [0.05, 0.1) is 18.2 Å².